The number of aryl methyl sites for hydroxylation is 1. The van der Waals surface area contributed by atoms with Gasteiger partial charge in [-0.3, -0.25) is 9.36 Å². The van der Waals surface area contributed by atoms with E-state index in [1.807, 2.05) is 29.7 Å². The van der Waals surface area contributed by atoms with Crippen LogP contribution in [0.2, 0.25) is 0 Å². The number of hydrogen-bond acceptors (Lipinski definition) is 5. The summed E-state index contributed by atoms with van der Waals surface area (Å²) in [6, 6.07) is 14.9. The highest BCUT2D eigenvalue weighted by Crippen LogP contribution is 2.33. The predicted octanol–water partition coefficient (Wildman–Crippen LogP) is 5.59. The zero-order valence-corrected chi connectivity index (χ0v) is 21.1. The van der Waals surface area contributed by atoms with Gasteiger partial charge in [0.05, 0.1) is 5.69 Å². The molecule has 0 bridgehead atoms. The van der Waals surface area contributed by atoms with E-state index in [4.69, 9.17) is 9.51 Å². The molecule has 7 heteroatoms. The number of hydrogen-bond donors (Lipinski definition) is 0. The average molecular weight is 499 g/mol. The molecule has 0 aliphatic carbocycles. The number of piperidine rings is 1. The molecule has 4 aromatic rings. The summed E-state index contributed by atoms with van der Waals surface area (Å²) in [5.74, 6) is 0.814. The Labute approximate surface area is 215 Å². The highest BCUT2D eigenvalue weighted by Gasteiger charge is 2.26. The Kier molecular flexibility index (Phi) is 6.47. The molecule has 2 aromatic carbocycles. The molecule has 6 nitrogen and oxygen atoms in total. The molecule has 4 heterocycles. The second-order valence-corrected chi connectivity index (χ2v) is 10.2. The molecule has 0 amide bonds. The molecule has 1 fully saturated rings. The van der Waals surface area contributed by atoms with Crippen LogP contribution in [0.1, 0.15) is 59.9 Å². The van der Waals surface area contributed by atoms with Crippen LogP contribution in [0.4, 0.5) is 4.39 Å². The summed E-state index contributed by atoms with van der Waals surface area (Å²) in [7, 11) is 0. The fourth-order valence-corrected chi connectivity index (χ4v) is 5.79. The van der Waals surface area contributed by atoms with E-state index in [9.17, 15) is 9.18 Å². The number of fused-ring (bicyclic) bond motifs is 2. The molecule has 6 rings (SSSR count). The van der Waals surface area contributed by atoms with Crippen LogP contribution in [0, 0.1) is 12.7 Å². The summed E-state index contributed by atoms with van der Waals surface area (Å²) < 4.78 is 20.8. The van der Waals surface area contributed by atoms with E-state index in [0.29, 0.717) is 17.9 Å². The van der Waals surface area contributed by atoms with Gasteiger partial charge in [0.25, 0.3) is 5.56 Å². The Morgan fingerprint density at radius 3 is 2.73 bits per heavy atom. The summed E-state index contributed by atoms with van der Waals surface area (Å²) in [5, 5.41) is 5.16. The van der Waals surface area contributed by atoms with Gasteiger partial charge in [0.15, 0.2) is 5.58 Å². The molecule has 0 spiro atoms. The van der Waals surface area contributed by atoms with E-state index >= 15 is 0 Å². The highest BCUT2D eigenvalue weighted by atomic mass is 19.1. The summed E-state index contributed by atoms with van der Waals surface area (Å²) in [4.78, 5) is 20.8. The minimum atomic E-state index is -0.309. The molecule has 190 valence electrons. The Hall–Kier alpha value is -3.58. The maximum absolute atomic E-state index is 13.5. The van der Waals surface area contributed by atoms with Gasteiger partial charge in [0.1, 0.15) is 11.6 Å². The van der Waals surface area contributed by atoms with E-state index in [1.54, 1.807) is 6.07 Å². The lowest BCUT2D eigenvalue weighted by Gasteiger charge is -2.31. The lowest BCUT2D eigenvalue weighted by atomic mass is 9.91. The molecule has 0 saturated carbocycles. The third-order valence-corrected chi connectivity index (χ3v) is 7.84. The zero-order chi connectivity index (χ0) is 25.4. The first-order chi connectivity index (χ1) is 18.1. The first-order valence-electron chi connectivity index (χ1n) is 13.2. The Bertz CT molecular complexity index is 1510. The fraction of sp³-hybridized carbons (Fsp3) is 0.367. The second-order valence-electron chi connectivity index (χ2n) is 10.2. The molecule has 0 unspecified atom stereocenters. The van der Waals surface area contributed by atoms with Crippen LogP contribution in [0.3, 0.4) is 0 Å². The first kappa shape index (κ1) is 23.8. The SMILES string of the molecule is Cc1nc2n(c(=O)c1CCN1CCC(c3noc4cc(F)ccc34)CC1)CCCC2=Cc1ccccc1. The lowest BCUT2D eigenvalue weighted by molar-refractivity contribution is 0.211. The van der Waals surface area contributed by atoms with Crippen LogP contribution < -0.4 is 5.56 Å². The number of aromatic nitrogens is 3. The van der Waals surface area contributed by atoms with Gasteiger partial charge in [-0.1, -0.05) is 35.5 Å². The molecule has 0 N–H and O–H groups in total. The van der Waals surface area contributed by atoms with Crippen LogP contribution in [-0.4, -0.2) is 39.2 Å². The van der Waals surface area contributed by atoms with Crippen molar-refractivity contribution < 1.29 is 8.91 Å². The van der Waals surface area contributed by atoms with Crippen molar-refractivity contribution in [2.24, 2.45) is 0 Å². The van der Waals surface area contributed by atoms with Crippen molar-refractivity contribution in [2.75, 3.05) is 19.6 Å². The number of benzene rings is 2. The molecule has 37 heavy (non-hydrogen) atoms. The Balaban J connectivity index is 1.14. The van der Waals surface area contributed by atoms with Gasteiger partial charge in [-0.15, -0.1) is 0 Å². The number of allylic oxidation sites excluding steroid dienone is 1. The highest BCUT2D eigenvalue weighted by molar-refractivity contribution is 5.80. The van der Waals surface area contributed by atoms with Crippen molar-refractivity contribution in [3.63, 3.8) is 0 Å². The largest absolute Gasteiger partial charge is 0.356 e. The van der Waals surface area contributed by atoms with Crippen molar-refractivity contribution in [1.82, 2.24) is 19.6 Å². The average Bonchev–Trinajstić information content (AvgIpc) is 3.33. The molecule has 2 aliphatic heterocycles. The quantitative estimate of drug-likeness (QED) is 0.359. The number of likely N-dealkylation sites (tertiary alicyclic amines) is 1. The zero-order valence-electron chi connectivity index (χ0n) is 21.1. The van der Waals surface area contributed by atoms with Crippen LogP contribution in [0.5, 0.6) is 0 Å². The Morgan fingerprint density at radius 2 is 1.92 bits per heavy atom. The molecule has 2 aromatic heterocycles. The summed E-state index contributed by atoms with van der Waals surface area (Å²) in [5.41, 5.74) is 5.49. The maximum Gasteiger partial charge on any atom is 0.257 e. The van der Waals surface area contributed by atoms with Crippen molar-refractivity contribution >= 4 is 22.6 Å². The monoisotopic (exact) mass is 498 g/mol. The fourth-order valence-electron chi connectivity index (χ4n) is 5.79. The summed E-state index contributed by atoms with van der Waals surface area (Å²) in [6.45, 7) is 5.39. The molecular formula is C30H31FN4O2. The van der Waals surface area contributed by atoms with Gasteiger partial charge in [0, 0.05) is 41.7 Å². The summed E-state index contributed by atoms with van der Waals surface area (Å²) >= 11 is 0. The van der Waals surface area contributed by atoms with E-state index < -0.39 is 0 Å². The molecule has 1 saturated heterocycles. The maximum atomic E-state index is 13.5. The molecule has 0 radical (unpaired) electrons. The lowest BCUT2D eigenvalue weighted by Crippen LogP contribution is -2.37. The van der Waals surface area contributed by atoms with Crippen LogP contribution in [0.25, 0.3) is 22.6 Å². The van der Waals surface area contributed by atoms with Gasteiger partial charge in [-0.05, 0) is 81.5 Å². The molecule has 2 aliphatic rings. The van der Waals surface area contributed by atoms with Gasteiger partial charge >= 0.3 is 0 Å². The van der Waals surface area contributed by atoms with Crippen LogP contribution >= 0.6 is 0 Å². The van der Waals surface area contributed by atoms with Crippen molar-refractivity contribution in [2.45, 2.75) is 51.5 Å². The third kappa shape index (κ3) is 4.76. The van der Waals surface area contributed by atoms with Gasteiger partial charge in [-0.25, -0.2) is 9.37 Å². The number of nitrogens with zero attached hydrogens (tertiary/aromatic N) is 4. The standard InChI is InChI=1S/C30H31FN4O2/c1-20-25(30(36)35-14-5-8-23(29(35)32-20)18-21-6-3-2-4-7-21)13-17-34-15-11-22(12-16-34)28-26-10-9-24(31)19-27(26)37-33-28/h2-4,6-7,9-10,18-19,22H,5,8,11-17H2,1H3. The van der Waals surface area contributed by atoms with Crippen molar-refractivity contribution in [3.05, 3.63) is 93.0 Å². The normalized spacial score (nSPS) is 17.9. The number of halogens is 1. The smallest absolute Gasteiger partial charge is 0.257 e. The first-order valence-corrected chi connectivity index (χ1v) is 13.2. The van der Waals surface area contributed by atoms with Crippen molar-refractivity contribution in [3.8, 4) is 0 Å². The van der Waals surface area contributed by atoms with Crippen LogP contribution in [-0.2, 0) is 13.0 Å². The topological polar surface area (TPSA) is 64.2 Å². The van der Waals surface area contributed by atoms with E-state index in [0.717, 1.165) is 91.2 Å². The van der Waals surface area contributed by atoms with Gasteiger partial charge in [-0.2, -0.15) is 0 Å². The Morgan fingerprint density at radius 1 is 1.11 bits per heavy atom. The number of rotatable bonds is 5. The van der Waals surface area contributed by atoms with E-state index in [-0.39, 0.29) is 11.4 Å². The van der Waals surface area contributed by atoms with Gasteiger partial charge in [0.2, 0.25) is 0 Å². The van der Waals surface area contributed by atoms with E-state index in [1.165, 1.54) is 12.1 Å². The van der Waals surface area contributed by atoms with Crippen LogP contribution in [0.15, 0.2) is 57.8 Å². The molecule has 0 atom stereocenters. The second kappa shape index (κ2) is 10.1. The third-order valence-electron chi connectivity index (χ3n) is 7.84. The van der Waals surface area contributed by atoms with Gasteiger partial charge < -0.3 is 9.42 Å². The predicted molar refractivity (Wildman–Crippen MR) is 143 cm³/mol. The van der Waals surface area contributed by atoms with E-state index in [2.05, 4.69) is 28.3 Å². The summed E-state index contributed by atoms with van der Waals surface area (Å²) in [6.07, 6.45) is 6.68. The molecular weight excluding hydrogens is 467 g/mol. The van der Waals surface area contributed by atoms with Crippen molar-refractivity contribution in [1.29, 1.82) is 0 Å². The minimum absolute atomic E-state index is 0.109. The minimum Gasteiger partial charge on any atom is -0.356 e.